The summed E-state index contributed by atoms with van der Waals surface area (Å²) in [6, 6.07) is 10.8. The van der Waals surface area contributed by atoms with E-state index in [4.69, 9.17) is 5.84 Å². The molecule has 0 unspecified atom stereocenters. The van der Waals surface area contributed by atoms with Crippen LogP contribution in [0.5, 0.6) is 0 Å². The molecule has 28 heavy (non-hydrogen) atoms. The van der Waals surface area contributed by atoms with Crippen LogP contribution >= 0.6 is 0 Å². The zero-order valence-corrected chi connectivity index (χ0v) is 17.0. The molecule has 0 bridgehead atoms. The van der Waals surface area contributed by atoms with E-state index in [0.717, 1.165) is 11.3 Å². The summed E-state index contributed by atoms with van der Waals surface area (Å²) < 4.78 is 35.8. The number of nitrogen functional groups attached to an aromatic ring is 1. The number of carbonyl (C=O) groups excluding carboxylic acids is 1. The van der Waals surface area contributed by atoms with Crippen LogP contribution in [0.15, 0.2) is 60.0 Å². The van der Waals surface area contributed by atoms with Crippen LogP contribution in [0.1, 0.15) is 34.0 Å². The Labute approximate surface area is 164 Å². The Morgan fingerprint density at radius 2 is 1.61 bits per heavy atom. The number of imidazole rings is 1. The molecule has 3 rings (SSSR count). The average molecular weight is 401 g/mol. The van der Waals surface area contributed by atoms with Gasteiger partial charge in [0, 0.05) is 5.56 Å². The van der Waals surface area contributed by atoms with Crippen molar-refractivity contribution < 1.29 is 22.3 Å². The van der Waals surface area contributed by atoms with E-state index in [1.807, 2.05) is 29.8 Å². The van der Waals surface area contributed by atoms with Gasteiger partial charge in [-0.1, -0.05) is 17.7 Å². The van der Waals surface area contributed by atoms with Crippen LogP contribution in [0.4, 0.5) is 0 Å². The van der Waals surface area contributed by atoms with Gasteiger partial charge in [-0.05, 0) is 63.1 Å². The molecule has 8 heteroatoms. The first kappa shape index (κ1) is 21.3. The maximum atomic E-state index is 11.1. The molecule has 2 N–H and O–H groups in total. The van der Waals surface area contributed by atoms with Gasteiger partial charge in [0.2, 0.25) is 0 Å². The van der Waals surface area contributed by atoms with E-state index >= 15 is 0 Å². The van der Waals surface area contributed by atoms with E-state index in [-0.39, 0.29) is 10.7 Å². The third-order valence-corrected chi connectivity index (χ3v) is 5.23. The Morgan fingerprint density at radius 1 is 1.07 bits per heavy atom. The van der Waals surface area contributed by atoms with Crippen molar-refractivity contribution in [3.63, 3.8) is 0 Å². The van der Waals surface area contributed by atoms with Crippen molar-refractivity contribution in [2.75, 3.05) is 5.84 Å². The zero-order chi connectivity index (χ0) is 21.1. The average Bonchev–Trinajstić information content (AvgIpc) is 2.99. The lowest BCUT2D eigenvalue weighted by Gasteiger charge is -2.14. The van der Waals surface area contributed by atoms with Gasteiger partial charge < -0.3 is 4.55 Å². The number of aromatic nitrogens is 2. The summed E-state index contributed by atoms with van der Waals surface area (Å²) in [5.74, 6) is 5.61. The number of nitrogens with two attached hydrogens (primary N) is 1. The van der Waals surface area contributed by atoms with Crippen molar-refractivity contribution in [1.82, 2.24) is 4.68 Å². The molecule has 1 aromatic heterocycles. The van der Waals surface area contributed by atoms with Crippen LogP contribution in [0.3, 0.4) is 0 Å². The smallest absolute Gasteiger partial charge is 0.272 e. The fourth-order valence-electron chi connectivity index (χ4n) is 2.95. The Morgan fingerprint density at radius 3 is 2.00 bits per heavy atom. The van der Waals surface area contributed by atoms with E-state index in [2.05, 4.69) is 0 Å². The fraction of sp³-hybridized carbons (Fsp3) is 0.200. The summed E-state index contributed by atoms with van der Waals surface area (Å²) in [6.45, 7) is 6.68. The van der Waals surface area contributed by atoms with Gasteiger partial charge in [0.15, 0.2) is 12.0 Å². The highest BCUT2D eigenvalue weighted by molar-refractivity contribution is 7.85. The van der Waals surface area contributed by atoms with Crippen molar-refractivity contribution >= 4 is 15.9 Å². The monoisotopic (exact) mass is 401 g/mol. The molecule has 0 aliphatic rings. The van der Waals surface area contributed by atoms with E-state index in [1.54, 1.807) is 57.6 Å². The molecule has 148 valence electrons. The molecule has 3 aromatic rings. The van der Waals surface area contributed by atoms with Gasteiger partial charge in [0.1, 0.15) is 22.0 Å². The van der Waals surface area contributed by atoms with Gasteiger partial charge in [-0.2, -0.15) is 0 Å². The molecule has 0 atom stereocenters. The molecule has 0 radical (unpaired) electrons. The lowest BCUT2D eigenvalue weighted by atomic mass is 10.1. The molecule has 0 spiro atoms. The van der Waals surface area contributed by atoms with Crippen LogP contribution in [-0.4, -0.2) is 23.4 Å². The Balaban J connectivity index is 0.000000203. The molecule has 0 amide bonds. The number of carbonyl (C=O) groups is 1. The third kappa shape index (κ3) is 5.28. The van der Waals surface area contributed by atoms with Crippen molar-refractivity contribution in [3.05, 3.63) is 77.4 Å². The predicted molar refractivity (Wildman–Crippen MR) is 105 cm³/mol. The zero-order valence-electron chi connectivity index (χ0n) is 16.2. The maximum absolute atomic E-state index is 11.1. The Kier molecular flexibility index (Phi) is 6.37. The standard InChI is InChI=1S/C11H12N3O.C9H12O3S/c1-9(15)10-2-4-11(5-3-10)13-6-7-14(12)8-13;1-6-4-7(2)9(8(3)5-6)13(10,11)12/h2-8H,12H2,1H3;4-5H,1-3H3,(H,10,11,12)/q+1;/p-1. The predicted octanol–water partition coefficient (Wildman–Crippen LogP) is 2.20. The van der Waals surface area contributed by atoms with Crippen molar-refractivity contribution in [1.29, 1.82) is 0 Å². The molecule has 2 aromatic carbocycles. The third-order valence-electron chi connectivity index (χ3n) is 4.08. The van der Waals surface area contributed by atoms with Crippen molar-refractivity contribution in [2.45, 2.75) is 32.6 Å². The van der Waals surface area contributed by atoms with Gasteiger partial charge in [0.05, 0.1) is 4.90 Å². The van der Waals surface area contributed by atoms with E-state index < -0.39 is 10.1 Å². The molecule has 0 saturated carbocycles. The fourth-order valence-corrected chi connectivity index (χ4v) is 3.86. The topological polar surface area (TPSA) is 109 Å². The minimum Gasteiger partial charge on any atom is -0.744 e. The summed E-state index contributed by atoms with van der Waals surface area (Å²) in [5, 5.41) is 0. The minimum absolute atomic E-state index is 0.0722. The summed E-state index contributed by atoms with van der Waals surface area (Å²) in [4.78, 5) is 11.0. The van der Waals surface area contributed by atoms with Crippen LogP contribution in [0, 0.1) is 20.8 Å². The first-order chi connectivity index (χ1) is 13.0. The number of benzene rings is 2. The Hall–Kier alpha value is -2.97. The second-order valence-corrected chi connectivity index (χ2v) is 7.87. The molecule has 0 aliphatic heterocycles. The first-order valence-corrected chi connectivity index (χ1v) is 9.89. The second kappa shape index (κ2) is 8.37. The minimum atomic E-state index is -4.33. The van der Waals surface area contributed by atoms with Crippen molar-refractivity contribution in [2.24, 2.45) is 0 Å². The highest BCUT2D eigenvalue weighted by Gasteiger charge is 2.09. The van der Waals surface area contributed by atoms with Crippen LogP contribution in [0.2, 0.25) is 0 Å². The number of rotatable bonds is 3. The molecular formula is C20H23N3O4S. The van der Waals surface area contributed by atoms with Crippen molar-refractivity contribution in [3.8, 4) is 5.69 Å². The summed E-state index contributed by atoms with van der Waals surface area (Å²) in [6.07, 6.45) is 5.35. The van der Waals surface area contributed by atoms with Gasteiger partial charge >= 0.3 is 0 Å². The first-order valence-electron chi connectivity index (χ1n) is 8.48. The molecule has 0 aliphatic carbocycles. The number of Topliss-reactive ketones (excluding diaryl/α,β-unsaturated/α-hetero) is 1. The Bertz CT molecular complexity index is 1080. The highest BCUT2D eigenvalue weighted by Crippen LogP contribution is 2.20. The molecule has 7 nitrogen and oxygen atoms in total. The van der Waals surface area contributed by atoms with Gasteiger partial charge in [-0.15, -0.1) is 4.68 Å². The number of ketones is 1. The van der Waals surface area contributed by atoms with Gasteiger partial charge in [-0.3, -0.25) is 10.6 Å². The second-order valence-electron chi connectivity index (χ2n) is 6.55. The SMILES string of the molecule is CC(=O)c1ccc(-[n+]2ccn(N)c2)cc1.Cc1cc(C)c(S(=O)(=O)[O-])c(C)c1. The van der Waals surface area contributed by atoms with Crippen LogP contribution in [-0.2, 0) is 10.1 Å². The van der Waals surface area contributed by atoms with E-state index in [9.17, 15) is 17.8 Å². The van der Waals surface area contributed by atoms with Gasteiger partial charge in [0.25, 0.3) is 6.33 Å². The molecular weight excluding hydrogens is 378 g/mol. The number of hydrogen-bond donors (Lipinski definition) is 1. The van der Waals surface area contributed by atoms with Crippen LogP contribution in [0.25, 0.3) is 5.69 Å². The lowest BCUT2D eigenvalue weighted by Crippen LogP contribution is -2.28. The number of aryl methyl sites for hydroxylation is 3. The van der Waals surface area contributed by atoms with E-state index in [1.165, 1.54) is 4.68 Å². The quantitative estimate of drug-likeness (QED) is 0.313. The normalized spacial score (nSPS) is 10.9. The van der Waals surface area contributed by atoms with E-state index in [0.29, 0.717) is 16.7 Å². The summed E-state index contributed by atoms with van der Waals surface area (Å²) in [7, 11) is -4.33. The number of hydrogen-bond acceptors (Lipinski definition) is 5. The highest BCUT2D eigenvalue weighted by atomic mass is 32.2. The lowest BCUT2D eigenvalue weighted by molar-refractivity contribution is -0.595. The number of nitrogens with zero attached hydrogens (tertiary/aromatic N) is 2. The molecule has 0 saturated heterocycles. The maximum Gasteiger partial charge on any atom is 0.272 e. The largest absolute Gasteiger partial charge is 0.744 e. The molecule has 0 fully saturated rings. The summed E-state index contributed by atoms with van der Waals surface area (Å²) >= 11 is 0. The molecule has 1 heterocycles. The van der Waals surface area contributed by atoms with Gasteiger partial charge in [-0.25, -0.2) is 13.0 Å². The summed E-state index contributed by atoms with van der Waals surface area (Å²) in [5.41, 5.74) is 3.69. The van der Waals surface area contributed by atoms with Crippen LogP contribution < -0.4 is 10.4 Å².